The molecule has 1 aromatic heterocycles. The first-order chi connectivity index (χ1) is 12.3. The van der Waals surface area contributed by atoms with Crippen molar-refractivity contribution in [2.45, 2.75) is 31.9 Å². The molecule has 0 radical (unpaired) electrons. The maximum absolute atomic E-state index is 12.6. The number of carboxylic acid groups (broad SMARTS) is 1. The van der Waals surface area contributed by atoms with Gasteiger partial charge in [0.2, 0.25) is 0 Å². The number of aliphatic carboxylic acids is 1. The number of amides is 1. The van der Waals surface area contributed by atoms with Gasteiger partial charge in [0, 0.05) is 12.6 Å². The zero-order valence-electron chi connectivity index (χ0n) is 13.9. The highest BCUT2D eigenvalue weighted by Gasteiger charge is 2.46. The van der Waals surface area contributed by atoms with Gasteiger partial charge in [0.05, 0.1) is 10.0 Å². The fourth-order valence-electron chi connectivity index (χ4n) is 2.89. The summed E-state index contributed by atoms with van der Waals surface area (Å²) >= 11 is 12.1. The number of benzene rings is 1. The van der Waals surface area contributed by atoms with Crippen LogP contribution >= 0.6 is 23.2 Å². The number of carbonyl (C=O) groups is 2. The second-order valence-corrected chi connectivity index (χ2v) is 6.97. The second-order valence-electron chi connectivity index (χ2n) is 6.16. The molecule has 3 rings (SSSR count). The molecule has 2 heterocycles. The van der Waals surface area contributed by atoms with Crippen molar-refractivity contribution >= 4 is 35.1 Å². The molecule has 0 saturated carbocycles. The topological polar surface area (TPSA) is 92.9 Å². The molecule has 1 saturated heterocycles. The molecule has 138 valence electrons. The minimum absolute atomic E-state index is 0.0278. The van der Waals surface area contributed by atoms with Crippen molar-refractivity contribution in [1.82, 2.24) is 10.1 Å². The molecule has 1 amide bonds. The van der Waals surface area contributed by atoms with E-state index in [-0.39, 0.29) is 12.3 Å². The van der Waals surface area contributed by atoms with E-state index in [1.807, 2.05) is 0 Å². The Bertz CT molecular complexity index is 833. The third-order valence-corrected chi connectivity index (χ3v) is 5.00. The Balaban J connectivity index is 1.72. The molecule has 1 aliphatic heterocycles. The van der Waals surface area contributed by atoms with Crippen LogP contribution in [-0.4, -0.2) is 39.1 Å². The van der Waals surface area contributed by atoms with Gasteiger partial charge in [0.1, 0.15) is 12.1 Å². The van der Waals surface area contributed by atoms with Crippen molar-refractivity contribution in [1.29, 1.82) is 0 Å². The van der Waals surface area contributed by atoms with Crippen LogP contribution in [-0.2, 0) is 11.4 Å². The van der Waals surface area contributed by atoms with Gasteiger partial charge in [-0.1, -0.05) is 34.4 Å². The Hall–Kier alpha value is -2.25. The average Bonchev–Trinajstić information content (AvgIpc) is 3.21. The third kappa shape index (κ3) is 3.37. The molecule has 0 spiro atoms. The second kappa shape index (κ2) is 7.17. The van der Waals surface area contributed by atoms with Crippen molar-refractivity contribution in [2.75, 3.05) is 6.54 Å². The van der Waals surface area contributed by atoms with Gasteiger partial charge in [0.15, 0.2) is 17.2 Å². The number of nitrogens with zero attached hydrogens (tertiary/aromatic N) is 2. The van der Waals surface area contributed by atoms with Gasteiger partial charge in [-0.2, -0.15) is 0 Å². The van der Waals surface area contributed by atoms with Crippen molar-refractivity contribution in [3.05, 3.63) is 45.8 Å². The number of aromatic nitrogens is 1. The maximum atomic E-state index is 12.6. The Morgan fingerprint density at radius 3 is 2.73 bits per heavy atom. The summed E-state index contributed by atoms with van der Waals surface area (Å²) in [5.74, 6) is -0.930. The highest BCUT2D eigenvalue weighted by molar-refractivity contribution is 6.37. The van der Waals surface area contributed by atoms with Crippen LogP contribution in [0.25, 0.3) is 0 Å². The van der Waals surface area contributed by atoms with Crippen LogP contribution in [0.5, 0.6) is 5.75 Å². The summed E-state index contributed by atoms with van der Waals surface area (Å²) in [6, 6.07) is 6.39. The fraction of sp³-hybridized carbons (Fsp3) is 0.353. The number of hydrogen-bond acceptors (Lipinski definition) is 5. The summed E-state index contributed by atoms with van der Waals surface area (Å²) < 4.78 is 10.7. The molecule has 2 aromatic rings. The van der Waals surface area contributed by atoms with Gasteiger partial charge in [-0.15, -0.1) is 0 Å². The van der Waals surface area contributed by atoms with Gasteiger partial charge in [0.25, 0.3) is 5.91 Å². The number of carboxylic acids is 1. The SMILES string of the molecule is CC1(C(=O)O)CCCN1C(=O)c1cc(COc2c(Cl)cccc2Cl)on1. The maximum Gasteiger partial charge on any atom is 0.329 e. The number of ether oxygens (including phenoxy) is 1. The minimum atomic E-state index is -1.24. The van der Waals surface area contributed by atoms with E-state index in [2.05, 4.69) is 5.16 Å². The zero-order valence-corrected chi connectivity index (χ0v) is 15.4. The summed E-state index contributed by atoms with van der Waals surface area (Å²) in [6.07, 6.45) is 1.01. The summed E-state index contributed by atoms with van der Waals surface area (Å²) in [5, 5.41) is 13.9. The van der Waals surface area contributed by atoms with Gasteiger partial charge in [-0.05, 0) is 31.9 Å². The quantitative estimate of drug-likeness (QED) is 0.825. The number of carbonyl (C=O) groups excluding carboxylic acids is 1. The molecule has 26 heavy (non-hydrogen) atoms. The number of hydrogen-bond donors (Lipinski definition) is 1. The molecule has 9 heteroatoms. The predicted molar refractivity (Wildman–Crippen MR) is 93.6 cm³/mol. The third-order valence-electron chi connectivity index (χ3n) is 4.40. The number of halogens is 2. The van der Waals surface area contributed by atoms with E-state index >= 15 is 0 Å². The number of rotatable bonds is 5. The highest BCUT2D eigenvalue weighted by atomic mass is 35.5. The van der Waals surface area contributed by atoms with E-state index in [4.69, 9.17) is 32.5 Å². The van der Waals surface area contributed by atoms with Crippen molar-refractivity contribution in [3.8, 4) is 5.75 Å². The number of para-hydroxylation sites is 1. The smallest absolute Gasteiger partial charge is 0.329 e. The molecule has 1 aliphatic rings. The molecule has 0 aliphatic carbocycles. The van der Waals surface area contributed by atoms with Crippen LogP contribution in [0.4, 0.5) is 0 Å². The van der Waals surface area contributed by atoms with E-state index in [1.54, 1.807) is 18.2 Å². The molecule has 1 atom stereocenters. The summed E-state index contributed by atoms with van der Waals surface area (Å²) in [6.45, 7) is 1.86. The van der Waals surface area contributed by atoms with Crippen LogP contribution in [0.3, 0.4) is 0 Å². The molecule has 1 N–H and O–H groups in total. The van der Waals surface area contributed by atoms with Crippen molar-refractivity contribution < 1.29 is 24.0 Å². The first kappa shape index (κ1) is 18.5. The first-order valence-electron chi connectivity index (χ1n) is 7.90. The van der Waals surface area contributed by atoms with Crippen LogP contribution in [0.2, 0.25) is 10.0 Å². The van der Waals surface area contributed by atoms with E-state index in [0.717, 1.165) is 0 Å². The van der Waals surface area contributed by atoms with Crippen LogP contribution < -0.4 is 4.74 Å². The lowest BCUT2D eigenvalue weighted by atomic mass is 9.99. The van der Waals surface area contributed by atoms with E-state index in [9.17, 15) is 14.7 Å². The Kier molecular flexibility index (Phi) is 5.11. The first-order valence-corrected chi connectivity index (χ1v) is 8.66. The van der Waals surface area contributed by atoms with Crippen LogP contribution in [0.15, 0.2) is 28.8 Å². The van der Waals surface area contributed by atoms with Gasteiger partial charge in [-0.25, -0.2) is 4.79 Å². The van der Waals surface area contributed by atoms with Crippen molar-refractivity contribution in [3.63, 3.8) is 0 Å². The van der Waals surface area contributed by atoms with Crippen LogP contribution in [0.1, 0.15) is 36.0 Å². The molecule has 1 fully saturated rings. The van der Waals surface area contributed by atoms with E-state index in [1.165, 1.54) is 17.9 Å². The lowest BCUT2D eigenvalue weighted by molar-refractivity contribution is -0.147. The van der Waals surface area contributed by atoms with Gasteiger partial charge >= 0.3 is 5.97 Å². The largest absolute Gasteiger partial charge is 0.482 e. The van der Waals surface area contributed by atoms with E-state index < -0.39 is 17.4 Å². The fourth-order valence-corrected chi connectivity index (χ4v) is 3.40. The standard InChI is InChI=1S/C17H16Cl2N2O5/c1-17(16(23)24)6-3-7-21(17)15(22)13-8-10(26-20-13)9-25-14-11(18)4-2-5-12(14)19/h2,4-5,8H,3,6-7,9H2,1H3,(H,23,24). The number of likely N-dealkylation sites (tertiary alicyclic amines) is 1. The summed E-state index contributed by atoms with van der Waals surface area (Å²) in [7, 11) is 0. The lowest BCUT2D eigenvalue weighted by Crippen LogP contribution is -2.50. The Labute approximate surface area is 159 Å². The minimum Gasteiger partial charge on any atom is -0.482 e. The lowest BCUT2D eigenvalue weighted by Gasteiger charge is -2.30. The van der Waals surface area contributed by atoms with E-state index in [0.29, 0.717) is 40.9 Å². The Morgan fingerprint density at radius 2 is 2.08 bits per heavy atom. The molecule has 7 nitrogen and oxygen atoms in total. The van der Waals surface area contributed by atoms with Gasteiger partial charge < -0.3 is 19.3 Å². The van der Waals surface area contributed by atoms with Crippen molar-refractivity contribution in [2.24, 2.45) is 0 Å². The Morgan fingerprint density at radius 1 is 1.38 bits per heavy atom. The van der Waals surface area contributed by atoms with Gasteiger partial charge in [-0.3, -0.25) is 4.79 Å². The average molecular weight is 399 g/mol. The normalized spacial score (nSPS) is 19.6. The van der Waals surface area contributed by atoms with Crippen LogP contribution in [0, 0.1) is 0 Å². The highest BCUT2D eigenvalue weighted by Crippen LogP contribution is 2.33. The zero-order chi connectivity index (χ0) is 18.9. The molecular formula is C17H16Cl2N2O5. The predicted octanol–water partition coefficient (Wildman–Crippen LogP) is 3.64. The monoisotopic (exact) mass is 398 g/mol. The molecular weight excluding hydrogens is 383 g/mol. The molecule has 1 aromatic carbocycles. The summed E-state index contributed by atoms with van der Waals surface area (Å²) in [4.78, 5) is 25.4. The molecule has 0 bridgehead atoms. The molecule has 1 unspecified atom stereocenters. The summed E-state index contributed by atoms with van der Waals surface area (Å²) in [5.41, 5.74) is -1.21.